The molecule has 0 aromatic rings. The molecular formula is C47H90O6. The number of esters is 3. The molecule has 0 aromatic carbocycles. The minimum Gasteiger partial charge on any atom is -0.462 e. The minimum atomic E-state index is -0.757. The number of hydrogen-bond acceptors (Lipinski definition) is 6. The van der Waals surface area contributed by atoms with E-state index in [4.69, 9.17) is 14.2 Å². The summed E-state index contributed by atoms with van der Waals surface area (Å²) < 4.78 is 16.6. The van der Waals surface area contributed by atoms with Crippen molar-refractivity contribution >= 4 is 17.9 Å². The molecule has 6 heteroatoms. The first-order valence-corrected chi connectivity index (χ1v) is 23.4. The first kappa shape index (κ1) is 51.4. The zero-order chi connectivity index (χ0) is 38.9. The van der Waals surface area contributed by atoms with Crippen LogP contribution >= 0.6 is 0 Å². The summed E-state index contributed by atoms with van der Waals surface area (Å²) in [6, 6.07) is 0. The molecule has 6 nitrogen and oxygen atoms in total. The van der Waals surface area contributed by atoms with E-state index in [0.29, 0.717) is 19.3 Å². The molecule has 0 spiro atoms. The van der Waals surface area contributed by atoms with Gasteiger partial charge in [-0.1, -0.05) is 220 Å². The zero-order valence-corrected chi connectivity index (χ0v) is 36.0. The lowest BCUT2D eigenvalue weighted by Crippen LogP contribution is -2.30. The molecule has 0 heterocycles. The first-order chi connectivity index (χ1) is 25.9. The third-order valence-corrected chi connectivity index (χ3v) is 10.5. The molecule has 0 saturated heterocycles. The smallest absolute Gasteiger partial charge is 0.306 e. The maximum absolute atomic E-state index is 12.5. The summed E-state index contributed by atoms with van der Waals surface area (Å²) in [5.74, 6) is -0.0216. The number of carbonyl (C=O) groups excluding carboxylic acids is 3. The number of hydrogen-bond donors (Lipinski definition) is 0. The van der Waals surface area contributed by atoms with Crippen LogP contribution in [0.1, 0.15) is 259 Å². The maximum Gasteiger partial charge on any atom is 0.306 e. The highest BCUT2D eigenvalue weighted by atomic mass is 16.6. The molecule has 0 rings (SSSR count). The lowest BCUT2D eigenvalue weighted by Gasteiger charge is -2.18. The maximum atomic E-state index is 12.5. The van der Waals surface area contributed by atoms with Crippen LogP contribution in [0, 0.1) is 5.92 Å². The van der Waals surface area contributed by atoms with Gasteiger partial charge in [-0.3, -0.25) is 14.4 Å². The fourth-order valence-corrected chi connectivity index (χ4v) is 6.98. The van der Waals surface area contributed by atoms with Crippen molar-refractivity contribution in [3.05, 3.63) is 0 Å². The topological polar surface area (TPSA) is 78.9 Å². The molecule has 0 fully saturated rings. The Morgan fingerprint density at radius 2 is 0.623 bits per heavy atom. The fraction of sp³-hybridized carbons (Fsp3) is 0.936. The lowest BCUT2D eigenvalue weighted by molar-refractivity contribution is -0.167. The van der Waals surface area contributed by atoms with Gasteiger partial charge in [-0.25, -0.2) is 0 Å². The first-order valence-electron chi connectivity index (χ1n) is 23.4. The third-order valence-electron chi connectivity index (χ3n) is 10.5. The van der Waals surface area contributed by atoms with E-state index in [1.165, 1.54) is 148 Å². The van der Waals surface area contributed by atoms with Crippen LogP contribution in [-0.2, 0) is 28.6 Å². The summed E-state index contributed by atoms with van der Waals surface area (Å²) in [5, 5.41) is 0. The molecule has 0 aliphatic rings. The Labute approximate surface area is 329 Å². The second-order valence-electron chi connectivity index (χ2n) is 16.5. The summed E-state index contributed by atoms with van der Waals surface area (Å²) >= 11 is 0. The Hall–Kier alpha value is -1.59. The Balaban J connectivity index is 4.10. The van der Waals surface area contributed by atoms with Gasteiger partial charge in [0, 0.05) is 19.3 Å². The van der Waals surface area contributed by atoms with E-state index in [0.717, 1.165) is 70.1 Å². The van der Waals surface area contributed by atoms with Crippen molar-refractivity contribution in [1.82, 2.24) is 0 Å². The summed E-state index contributed by atoms with van der Waals surface area (Å²) in [6.45, 7) is 8.93. The average Bonchev–Trinajstić information content (AvgIpc) is 3.14. The predicted octanol–water partition coefficient (Wildman–Crippen LogP) is 14.7. The Kier molecular flexibility index (Phi) is 40.3. The molecular weight excluding hydrogens is 661 g/mol. The van der Waals surface area contributed by atoms with Crippen LogP contribution in [0.2, 0.25) is 0 Å². The van der Waals surface area contributed by atoms with E-state index in [2.05, 4.69) is 27.7 Å². The van der Waals surface area contributed by atoms with Crippen molar-refractivity contribution in [2.24, 2.45) is 5.92 Å². The second-order valence-corrected chi connectivity index (χ2v) is 16.5. The van der Waals surface area contributed by atoms with Crippen LogP contribution < -0.4 is 0 Å². The largest absolute Gasteiger partial charge is 0.462 e. The monoisotopic (exact) mass is 751 g/mol. The van der Waals surface area contributed by atoms with Gasteiger partial charge in [-0.2, -0.15) is 0 Å². The van der Waals surface area contributed by atoms with Crippen LogP contribution in [0.5, 0.6) is 0 Å². The fourth-order valence-electron chi connectivity index (χ4n) is 6.98. The van der Waals surface area contributed by atoms with Gasteiger partial charge in [0.1, 0.15) is 13.2 Å². The molecule has 314 valence electrons. The summed E-state index contributed by atoms with van der Waals surface area (Å²) in [5.41, 5.74) is 0. The molecule has 53 heavy (non-hydrogen) atoms. The van der Waals surface area contributed by atoms with Gasteiger partial charge in [0.2, 0.25) is 0 Å². The molecule has 0 aromatic heterocycles. The van der Waals surface area contributed by atoms with E-state index in [-0.39, 0.29) is 31.1 Å². The molecule has 0 unspecified atom stereocenters. The standard InChI is InChI=1S/C47H90O6/c1-5-7-9-11-12-13-14-17-21-24-27-31-34-38-45(48)51-41-44(53-47(50)40-36-29-10-8-6-2)42-52-46(49)39-35-32-28-25-22-19-16-15-18-20-23-26-30-33-37-43(3)4/h43-44H,5-42H2,1-4H3/t44-/m1/s1. The summed E-state index contributed by atoms with van der Waals surface area (Å²) in [7, 11) is 0. The van der Waals surface area contributed by atoms with Gasteiger partial charge in [0.15, 0.2) is 6.10 Å². The Morgan fingerprint density at radius 3 is 0.925 bits per heavy atom. The number of unbranched alkanes of at least 4 members (excludes halogenated alkanes) is 29. The van der Waals surface area contributed by atoms with Gasteiger partial charge in [-0.05, 0) is 25.2 Å². The summed E-state index contributed by atoms with van der Waals surface area (Å²) in [6.07, 6.45) is 41.2. The highest BCUT2D eigenvalue weighted by Gasteiger charge is 2.19. The van der Waals surface area contributed by atoms with E-state index >= 15 is 0 Å². The Morgan fingerprint density at radius 1 is 0.358 bits per heavy atom. The van der Waals surface area contributed by atoms with Crippen molar-refractivity contribution in [2.45, 2.75) is 265 Å². The molecule has 0 N–H and O–H groups in total. The molecule has 0 amide bonds. The quantitative estimate of drug-likeness (QED) is 0.0351. The van der Waals surface area contributed by atoms with Crippen molar-refractivity contribution in [1.29, 1.82) is 0 Å². The molecule has 0 bridgehead atoms. The van der Waals surface area contributed by atoms with Gasteiger partial charge in [-0.15, -0.1) is 0 Å². The van der Waals surface area contributed by atoms with Crippen LogP contribution in [0.3, 0.4) is 0 Å². The van der Waals surface area contributed by atoms with Crippen LogP contribution in [-0.4, -0.2) is 37.2 Å². The van der Waals surface area contributed by atoms with Crippen molar-refractivity contribution < 1.29 is 28.6 Å². The van der Waals surface area contributed by atoms with Gasteiger partial charge < -0.3 is 14.2 Å². The van der Waals surface area contributed by atoms with Crippen molar-refractivity contribution in [3.8, 4) is 0 Å². The van der Waals surface area contributed by atoms with Crippen LogP contribution in [0.15, 0.2) is 0 Å². The van der Waals surface area contributed by atoms with E-state index in [9.17, 15) is 14.4 Å². The van der Waals surface area contributed by atoms with E-state index < -0.39 is 6.10 Å². The summed E-state index contributed by atoms with van der Waals surface area (Å²) in [4.78, 5) is 37.5. The number of rotatable bonds is 42. The molecule has 0 saturated carbocycles. The molecule has 0 radical (unpaired) electrons. The van der Waals surface area contributed by atoms with Gasteiger partial charge >= 0.3 is 17.9 Å². The van der Waals surface area contributed by atoms with Crippen molar-refractivity contribution in [2.75, 3.05) is 13.2 Å². The van der Waals surface area contributed by atoms with E-state index in [1.54, 1.807) is 0 Å². The molecule has 0 aliphatic carbocycles. The normalized spacial score (nSPS) is 11.9. The highest BCUT2D eigenvalue weighted by Crippen LogP contribution is 2.16. The van der Waals surface area contributed by atoms with Crippen LogP contribution in [0.4, 0.5) is 0 Å². The highest BCUT2D eigenvalue weighted by molar-refractivity contribution is 5.71. The van der Waals surface area contributed by atoms with Gasteiger partial charge in [0.25, 0.3) is 0 Å². The molecule has 1 atom stereocenters. The minimum absolute atomic E-state index is 0.0649. The predicted molar refractivity (Wildman–Crippen MR) is 224 cm³/mol. The lowest BCUT2D eigenvalue weighted by atomic mass is 10.0. The second kappa shape index (κ2) is 41.6. The van der Waals surface area contributed by atoms with Crippen LogP contribution in [0.25, 0.3) is 0 Å². The van der Waals surface area contributed by atoms with Crippen molar-refractivity contribution in [3.63, 3.8) is 0 Å². The number of ether oxygens (including phenoxy) is 3. The third kappa shape index (κ3) is 41.4. The zero-order valence-electron chi connectivity index (χ0n) is 36.0. The number of carbonyl (C=O) groups is 3. The average molecular weight is 751 g/mol. The Bertz CT molecular complexity index is 796. The van der Waals surface area contributed by atoms with Gasteiger partial charge in [0.05, 0.1) is 0 Å². The van der Waals surface area contributed by atoms with E-state index in [1.807, 2.05) is 0 Å². The molecule has 0 aliphatic heterocycles. The SMILES string of the molecule is CCCCCCCCCCCCCCCC(=O)OC[C@H](COC(=O)CCCCCCCCCCCCCCCCC(C)C)OC(=O)CCCCCCC.